The van der Waals surface area contributed by atoms with Crippen molar-refractivity contribution < 1.29 is 14.9 Å². The van der Waals surface area contributed by atoms with E-state index >= 15 is 0 Å². The summed E-state index contributed by atoms with van der Waals surface area (Å²) in [6.07, 6.45) is -0.644. The van der Waals surface area contributed by atoms with Crippen LogP contribution in [0.2, 0.25) is 0 Å². The van der Waals surface area contributed by atoms with Gasteiger partial charge in [-0.3, -0.25) is 9.55 Å². The van der Waals surface area contributed by atoms with Crippen molar-refractivity contribution in [1.82, 2.24) is 44.7 Å². The van der Waals surface area contributed by atoms with E-state index in [2.05, 4.69) is 60.3 Å². The van der Waals surface area contributed by atoms with Crippen LogP contribution in [0, 0.1) is 0 Å². The number of tetrazole rings is 1. The Morgan fingerprint density at radius 1 is 0.870 bits per heavy atom. The molecule has 7 rings (SSSR count). The normalized spacial score (nSPS) is 19.6. The molecular weight excluding hydrogens is 586 g/mol. The number of aromatic nitrogens is 9. The number of aliphatic hydroxyl groups excluding tert-OH is 2. The molecule has 46 heavy (non-hydrogen) atoms. The van der Waals surface area contributed by atoms with E-state index in [1.807, 2.05) is 54.6 Å². The van der Waals surface area contributed by atoms with Crippen molar-refractivity contribution in [1.29, 1.82) is 0 Å². The van der Waals surface area contributed by atoms with Crippen LogP contribution in [-0.2, 0) is 18.2 Å². The van der Waals surface area contributed by atoms with Crippen molar-refractivity contribution in [3.05, 3.63) is 114 Å². The molecule has 1 fully saturated rings. The fourth-order valence-corrected chi connectivity index (χ4v) is 5.67. The second-order valence-corrected chi connectivity index (χ2v) is 11.0. The third-order valence-corrected chi connectivity index (χ3v) is 7.98. The quantitative estimate of drug-likeness (QED) is 0.167. The fraction of sp³-hybridized carbons (Fsp3) is 0.281. The van der Waals surface area contributed by atoms with Crippen LogP contribution in [0.5, 0.6) is 0 Å². The Bertz CT molecular complexity index is 1850. The molecule has 2 aromatic carbocycles. The van der Waals surface area contributed by atoms with Crippen molar-refractivity contribution in [2.24, 2.45) is 7.05 Å². The molecule has 6 aromatic rings. The Balaban J connectivity index is 1.21. The summed E-state index contributed by atoms with van der Waals surface area (Å²) in [6, 6.07) is 26.4. The standard InChI is InChI=1S/C32H33N11O3/c1-42-40-29(39-41-42)27-25(44)26(45)31(46-27)43-19-36-24-28(37-32(38-30(24)43)34-17-15-22-14-8-9-16-33-22)35-18-23(20-10-4-2-5-11-20)21-12-6-3-7-13-21/h2-14,16,19,23,25-27,31,44-45H,15,17-18H2,1H3,(H2,34,35,37,38)/t25-,26+,27-,31+/m0/s1. The van der Waals surface area contributed by atoms with Gasteiger partial charge in [-0.2, -0.15) is 14.8 Å². The zero-order valence-electron chi connectivity index (χ0n) is 25.0. The number of hydrogen-bond donors (Lipinski definition) is 4. The first-order valence-corrected chi connectivity index (χ1v) is 15.0. The van der Waals surface area contributed by atoms with E-state index in [9.17, 15) is 10.2 Å². The lowest BCUT2D eigenvalue weighted by molar-refractivity contribution is -0.0384. The molecular formula is C32H33N11O3. The Hall–Kier alpha value is -5.31. The molecule has 0 bridgehead atoms. The molecule has 0 saturated carbocycles. The summed E-state index contributed by atoms with van der Waals surface area (Å²) in [5.41, 5.74) is 4.16. The molecule has 1 saturated heterocycles. The van der Waals surface area contributed by atoms with Gasteiger partial charge in [-0.1, -0.05) is 66.7 Å². The minimum Gasteiger partial charge on any atom is -0.387 e. The molecule has 0 amide bonds. The largest absolute Gasteiger partial charge is 0.387 e. The predicted molar refractivity (Wildman–Crippen MR) is 169 cm³/mol. The zero-order valence-corrected chi connectivity index (χ0v) is 25.0. The maximum Gasteiger partial charge on any atom is 0.226 e. The number of imidazole rings is 1. The van der Waals surface area contributed by atoms with Gasteiger partial charge in [0.05, 0.1) is 13.4 Å². The number of anilines is 2. The van der Waals surface area contributed by atoms with E-state index in [0.717, 1.165) is 16.8 Å². The molecule has 0 aliphatic carbocycles. The summed E-state index contributed by atoms with van der Waals surface area (Å²) >= 11 is 0. The first-order valence-electron chi connectivity index (χ1n) is 15.0. The molecule has 14 nitrogen and oxygen atoms in total. The van der Waals surface area contributed by atoms with Crippen molar-refractivity contribution in [2.75, 3.05) is 23.7 Å². The molecule has 4 N–H and O–H groups in total. The molecule has 4 atom stereocenters. The number of aliphatic hydroxyl groups is 2. The van der Waals surface area contributed by atoms with E-state index in [1.54, 1.807) is 17.8 Å². The number of benzene rings is 2. The number of aryl methyl sites for hydroxylation is 1. The summed E-state index contributed by atoms with van der Waals surface area (Å²) < 4.78 is 7.71. The minimum absolute atomic E-state index is 0.0328. The van der Waals surface area contributed by atoms with Gasteiger partial charge in [0.1, 0.15) is 12.2 Å². The monoisotopic (exact) mass is 619 g/mol. The predicted octanol–water partition coefficient (Wildman–Crippen LogP) is 2.64. The van der Waals surface area contributed by atoms with Crippen LogP contribution < -0.4 is 10.6 Å². The maximum absolute atomic E-state index is 11.1. The number of pyridine rings is 1. The Kier molecular flexibility index (Phi) is 8.29. The average molecular weight is 620 g/mol. The van der Waals surface area contributed by atoms with Crippen LogP contribution in [0.1, 0.15) is 40.9 Å². The Morgan fingerprint density at radius 3 is 2.28 bits per heavy atom. The number of fused-ring (bicyclic) bond motifs is 1. The first-order chi connectivity index (χ1) is 22.5. The van der Waals surface area contributed by atoms with Crippen molar-refractivity contribution in [3.63, 3.8) is 0 Å². The van der Waals surface area contributed by atoms with Gasteiger partial charge in [0.2, 0.25) is 11.8 Å². The lowest BCUT2D eigenvalue weighted by Crippen LogP contribution is -2.29. The van der Waals surface area contributed by atoms with Crippen molar-refractivity contribution in [2.45, 2.75) is 36.9 Å². The van der Waals surface area contributed by atoms with Gasteiger partial charge in [-0.15, -0.1) is 10.2 Å². The highest BCUT2D eigenvalue weighted by atomic mass is 16.6. The van der Waals surface area contributed by atoms with Gasteiger partial charge >= 0.3 is 0 Å². The molecule has 0 radical (unpaired) electrons. The molecule has 234 valence electrons. The van der Waals surface area contributed by atoms with Crippen LogP contribution in [0.25, 0.3) is 11.2 Å². The van der Waals surface area contributed by atoms with Gasteiger partial charge in [-0.25, -0.2) is 4.98 Å². The Labute approximate surface area is 264 Å². The lowest BCUT2D eigenvalue weighted by atomic mass is 9.91. The average Bonchev–Trinajstić information content (AvgIpc) is 3.79. The van der Waals surface area contributed by atoms with Crippen LogP contribution in [0.3, 0.4) is 0 Å². The molecule has 0 unspecified atom stereocenters. The number of nitrogens with one attached hydrogen (secondary N) is 2. The maximum atomic E-state index is 11.1. The number of rotatable bonds is 11. The van der Waals surface area contributed by atoms with Crippen LogP contribution in [0.15, 0.2) is 91.4 Å². The minimum atomic E-state index is -1.31. The van der Waals surface area contributed by atoms with Gasteiger partial charge < -0.3 is 25.6 Å². The highest BCUT2D eigenvalue weighted by Gasteiger charge is 2.47. The summed E-state index contributed by atoms with van der Waals surface area (Å²) in [5.74, 6) is 1.08. The van der Waals surface area contributed by atoms with E-state index < -0.39 is 24.5 Å². The number of nitrogens with zero attached hydrogens (tertiary/aromatic N) is 9. The summed E-state index contributed by atoms with van der Waals surface area (Å²) in [4.78, 5) is 19.9. The molecule has 4 aromatic heterocycles. The van der Waals surface area contributed by atoms with Crippen LogP contribution >= 0.6 is 0 Å². The van der Waals surface area contributed by atoms with Gasteiger partial charge in [-0.05, 0) is 28.5 Å². The third kappa shape index (κ3) is 6.00. The summed E-state index contributed by atoms with van der Waals surface area (Å²) in [6.45, 7) is 1.07. The molecule has 1 aliphatic heterocycles. The van der Waals surface area contributed by atoms with Crippen molar-refractivity contribution in [3.8, 4) is 0 Å². The SMILES string of the molecule is Cn1nnc([C@H]2O[C@@H](n3cnc4c(NCC(c5ccccc5)c5ccccc5)nc(NCCc5ccccn5)nc43)[C@H](O)[C@@H]2O)n1. The smallest absolute Gasteiger partial charge is 0.226 e. The fourth-order valence-electron chi connectivity index (χ4n) is 5.67. The molecule has 0 spiro atoms. The highest BCUT2D eigenvalue weighted by Crippen LogP contribution is 2.39. The van der Waals surface area contributed by atoms with E-state index in [-0.39, 0.29) is 11.7 Å². The lowest BCUT2D eigenvalue weighted by Gasteiger charge is -2.20. The molecule has 1 aliphatic rings. The first kappa shape index (κ1) is 29.4. The zero-order chi connectivity index (χ0) is 31.5. The second-order valence-electron chi connectivity index (χ2n) is 11.0. The van der Waals surface area contributed by atoms with Gasteiger partial charge in [0.25, 0.3) is 0 Å². The second kappa shape index (κ2) is 13.0. The number of ether oxygens (including phenoxy) is 1. The molecule has 5 heterocycles. The van der Waals surface area contributed by atoms with Gasteiger partial charge in [0, 0.05) is 37.3 Å². The summed E-state index contributed by atoms with van der Waals surface area (Å²) in [7, 11) is 1.61. The number of hydrogen-bond acceptors (Lipinski definition) is 12. The summed E-state index contributed by atoms with van der Waals surface area (Å²) in [5, 5.41) is 40.7. The topological polar surface area (TPSA) is 174 Å². The van der Waals surface area contributed by atoms with Gasteiger partial charge in [0.15, 0.2) is 29.3 Å². The Morgan fingerprint density at radius 2 is 1.61 bits per heavy atom. The van der Waals surface area contributed by atoms with E-state index in [1.165, 1.54) is 11.1 Å². The molecule has 14 heteroatoms. The third-order valence-electron chi connectivity index (χ3n) is 7.98. The van der Waals surface area contributed by atoms with E-state index in [0.29, 0.717) is 42.4 Å². The van der Waals surface area contributed by atoms with Crippen LogP contribution in [-0.4, -0.2) is 80.2 Å². The highest BCUT2D eigenvalue weighted by molar-refractivity contribution is 5.84. The van der Waals surface area contributed by atoms with Crippen LogP contribution in [0.4, 0.5) is 11.8 Å². The van der Waals surface area contributed by atoms with E-state index in [4.69, 9.17) is 14.7 Å². The van der Waals surface area contributed by atoms with Crippen molar-refractivity contribution >= 4 is 22.9 Å².